The first kappa shape index (κ1) is 17.0. The van der Waals surface area contributed by atoms with E-state index in [4.69, 9.17) is 0 Å². The van der Waals surface area contributed by atoms with Crippen LogP contribution in [-0.2, 0) is 20.0 Å². The molecule has 1 rings (SSSR count). The molecule has 0 fully saturated rings. The number of hydrogen-bond donors (Lipinski definition) is 0. The van der Waals surface area contributed by atoms with Crippen molar-refractivity contribution in [2.45, 2.75) is 27.2 Å². The molecule has 4 heteroatoms. The van der Waals surface area contributed by atoms with Gasteiger partial charge in [-0.25, -0.2) is 0 Å². The van der Waals surface area contributed by atoms with E-state index in [0.29, 0.717) is 13.2 Å². The Bertz CT molecular complexity index is 339. The van der Waals surface area contributed by atoms with Crippen LogP contribution in [0.5, 0.6) is 0 Å². The second-order valence-corrected chi connectivity index (χ2v) is 4.32. The monoisotopic (exact) mass is 269 g/mol. The van der Waals surface area contributed by atoms with Crippen molar-refractivity contribution in [3.63, 3.8) is 0 Å². The Morgan fingerprint density at radius 3 is 1.94 bits per heavy atom. The maximum absolute atomic E-state index is 10.3. The third-order valence-corrected chi connectivity index (χ3v) is 3.03. The number of benzene rings is 1. The first-order valence-electron chi connectivity index (χ1n) is 6.12. The minimum absolute atomic E-state index is 0.440. The fourth-order valence-electron chi connectivity index (χ4n) is 1.14. The number of aryl methyl sites for hydroxylation is 1. The molecule has 1 aromatic rings. The summed E-state index contributed by atoms with van der Waals surface area (Å²) in [6, 6.07) is 8.45. The topological polar surface area (TPSA) is 35.5 Å². The molecule has 0 radical (unpaired) electrons. The molecular formula is C14H22O3P+. The van der Waals surface area contributed by atoms with E-state index in [-0.39, 0.29) is 0 Å². The quantitative estimate of drug-likeness (QED) is 0.707. The second-order valence-electron chi connectivity index (χ2n) is 3.36. The molecule has 0 heterocycles. The molecule has 0 atom stereocenters. The van der Waals surface area contributed by atoms with Crippen LogP contribution in [0.4, 0.5) is 0 Å². The zero-order chi connectivity index (χ0) is 13.8. The van der Waals surface area contributed by atoms with Crippen LogP contribution in [0.1, 0.15) is 31.9 Å². The van der Waals surface area contributed by atoms with Gasteiger partial charge in [-0.1, -0.05) is 43.8 Å². The van der Waals surface area contributed by atoms with Gasteiger partial charge in [-0.15, -0.1) is 9.05 Å². The van der Waals surface area contributed by atoms with Crippen LogP contribution in [-0.4, -0.2) is 13.2 Å². The zero-order valence-corrected chi connectivity index (χ0v) is 12.3. The van der Waals surface area contributed by atoms with Crippen LogP contribution < -0.4 is 0 Å². The average Bonchev–Trinajstić information content (AvgIpc) is 2.40. The largest absolute Gasteiger partial charge is 0.697 e. The Morgan fingerprint density at radius 1 is 1.11 bits per heavy atom. The van der Waals surface area contributed by atoms with Crippen LogP contribution in [0, 0.1) is 0 Å². The summed E-state index contributed by atoms with van der Waals surface area (Å²) in [5, 5.41) is 0. The second kappa shape index (κ2) is 11.1. The highest BCUT2D eigenvalue weighted by Crippen LogP contribution is 2.21. The maximum atomic E-state index is 10.3. The van der Waals surface area contributed by atoms with E-state index in [1.807, 2.05) is 6.08 Å². The molecular weight excluding hydrogens is 247 g/mol. The minimum Gasteiger partial charge on any atom is -0.119 e. The average molecular weight is 269 g/mol. The van der Waals surface area contributed by atoms with Gasteiger partial charge >= 0.3 is 8.25 Å². The van der Waals surface area contributed by atoms with E-state index in [1.54, 1.807) is 13.8 Å². The summed E-state index contributed by atoms with van der Waals surface area (Å²) < 4.78 is 19.5. The van der Waals surface area contributed by atoms with Crippen molar-refractivity contribution in [3.05, 3.63) is 42.0 Å². The predicted octanol–water partition coefficient (Wildman–Crippen LogP) is 4.61. The van der Waals surface area contributed by atoms with Crippen LogP contribution in [0.2, 0.25) is 0 Å². The van der Waals surface area contributed by atoms with Gasteiger partial charge < -0.3 is 0 Å². The fraction of sp³-hybridized carbons (Fsp3) is 0.429. The zero-order valence-electron chi connectivity index (χ0n) is 11.4. The summed E-state index contributed by atoms with van der Waals surface area (Å²) in [5.74, 6) is 0. The van der Waals surface area contributed by atoms with Crippen LogP contribution in [0.15, 0.2) is 30.8 Å². The third kappa shape index (κ3) is 8.13. The molecule has 100 valence electrons. The van der Waals surface area contributed by atoms with Gasteiger partial charge in [-0.2, -0.15) is 0 Å². The van der Waals surface area contributed by atoms with Crippen molar-refractivity contribution >= 4 is 14.3 Å². The smallest absolute Gasteiger partial charge is 0.119 e. The van der Waals surface area contributed by atoms with Crippen molar-refractivity contribution in [1.29, 1.82) is 0 Å². The van der Waals surface area contributed by atoms with Gasteiger partial charge in [0, 0.05) is 4.57 Å². The Hall–Kier alpha value is -1.02. The highest BCUT2D eigenvalue weighted by molar-refractivity contribution is 7.33. The minimum atomic E-state index is -1.83. The van der Waals surface area contributed by atoms with E-state index in [0.717, 1.165) is 6.42 Å². The lowest BCUT2D eigenvalue weighted by Crippen LogP contribution is -1.81. The van der Waals surface area contributed by atoms with Crippen molar-refractivity contribution < 1.29 is 13.6 Å². The van der Waals surface area contributed by atoms with Crippen molar-refractivity contribution in [2.24, 2.45) is 0 Å². The molecule has 1 aromatic carbocycles. The molecule has 0 unspecified atom stereocenters. The maximum Gasteiger partial charge on any atom is 0.697 e. The molecule has 0 N–H and O–H groups in total. The van der Waals surface area contributed by atoms with Gasteiger partial charge in [0.25, 0.3) is 0 Å². The SMILES string of the molecule is C=Cc1ccc(CC)cc1.CCO[P+](=O)OCC. The normalized spacial score (nSPS) is 9.28. The summed E-state index contributed by atoms with van der Waals surface area (Å²) in [6.07, 6.45) is 2.97. The molecule has 0 saturated carbocycles. The van der Waals surface area contributed by atoms with Gasteiger partial charge in [0.2, 0.25) is 0 Å². The molecule has 0 saturated heterocycles. The van der Waals surface area contributed by atoms with Crippen molar-refractivity contribution in [1.82, 2.24) is 0 Å². The first-order chi connectivity index (χ1) is 8.67. The van der Waals surface area contributed by atoms with Crippen molar-refractivity contribution in [3.8, 4) is 0 Å². The van der Waals surface area contributed by atoms with E-state index in [2.05, 4.69) is 46.8 Å². The lowest BCUT2D eigenvalue weighted by molar-refractivity contribution is 0.243. The molecule has 0 aromatic heterocycles. The Balaban J connectivity index is 0.000000331. The highest BCUT2D eigenvalue weighted by atomic mass is 31.1. The highest BCUT2D eigenvalue weighted by Gasteiger charge is 2.15. The summed E-state index contributed by atoms with van der Waals surface area (Å²) >= 11 is 0. The molecule has 0 aliphatic carbocycles. The standard InChI is InChI=1S/C10H12.C4H10O3P/c1-3-9-5-7-10(4-2)8-6-9;1-3-6-8(5)7-4-2/h3,5-8H,1,4H2,2H3;3-4H2,1-2H3/q;+1. The van der Waals surface area contributed by atoms with Crippen LogP contribution in [0.3, 0.4) is 0 Å². The lowest BCUT2D eigenvalue weighted by Gasteiger charge is -1.95. The van der Waals surface area contributed by atoms with Gasteiger partial charge in [-0.3, -0.25) is 0 Å². The summed E-state index contributed by atoms with van der Waals surface area (Å²) in [4.78, 5) is 0. The first-order valence-corrected chi connectivity index (χ1v) is 7.21. The molecule has 18 heavy (non-hydrogen) atoms. The van der Waals surface area contributed by atoms with E-state index < -0.39 is 8.25 Å². The van der Waals surface area contributed by atoms with Gasteiger partial charge in [0.05, 0.1) is 0 Å². The van der Waals surface area contributed by atoms with Gasteiger partial charge in [-0.05, 0) is 31.4 Å². The predicted molar refractivity (Wildman–Crippen MR) is 76.8 cm³/mol. The van der Waals surface area contributed by atoms with Gasteiger partial charge in [0.1, 0.15) is 13.2 Å². The van der Waals surface area contributed by atoms with E-state index in [1.165, 1.54) is 11.1 Å². The number of hydrogen-bond acceptors (Lipinski definition) is 3. The van der Waals surface area contributed by atoms with Crippen LogP contribution in [0.25, 0.3) is 6.08 Å². The summed E-state index contributed by atoms with van der Waals surface area (Å²) in [6.45, 7) is 10.3. The Labute approximate surface area is 111 Å². The summed E-state index contributed by atoms with van der Waals surface area (Å²) in [5.41, 5.74) is 2.57. The van der Waals surface area contributed by atoms with E-state index in [9.17, 15) is 4.57 Å². The Morgan fingerprint density at radius 2 is 1.61 bits per heavy atom. The number of rotatable bonds is 6. The molecule has 0 spiro atoms. The van der Waals surface area contributed by atoms with E-state index >= 15 is 0 Å². The summed E-state index contributed by atoms with van der Waals surface area (Å²) in [7, 11) is -1.83. The van der Waals surface area contributed by atoms with Crippen LogP contribution >= 0.6 is 8.25 Å². The third-order valence-electron chi connectivity index (χ3n) is 2.09. The van der Waals surface area contributed by atoms with Gasteiger partial charge in [0.15, 0.2) is 0 Å². The molecule has 0 bridgehead atoms. The molecule has 0 amide bonds. The Kier molecular flexibility index (Phi) is 10.5. The molecule has 3 nitrogen and oxygen atoms in total. The molecule has 0 aliphatic rings. The molecule has 0 aliphatic heterocycles. The fourth-order valence-corrected chi connectivity index (χ4v) is 1.63. The van der Waals surface area contributed by atoms with Crippen molar-refractivity contribution in [2.75, 3.05) is 13.2 Å². The lowest BCUT2D eigenvalue weighted by atomic mass is 10.1.